The number of piperidine rings is 1. The third-order valence-corrected chi connectivity index (χ3v) is 3.80. The van der Waals surface area contributed by atoms with Crippen molar-refractivity contribution in [3.05, 3.63) is 35.4 Å². The Balaban J connectivity index is 0.00000120. The lowest BCUT2D eigenvalue weighted by molar-refractivity contribution is 0.167. The highest BCUT2D eigenvalue weighted by Crippen LogP contribution is 2.37. The molecule has 1 aromatic carbocycles. The molecule has 2 saturated heterocycles. The molecule has 0 aromatic heterocycles. The van der Waals surface area contributed by atoms with E-state index < -0.39 is 0 Å². The summed E-state index contributed by atoms with van der Waals surface area (Å²) in [5.74, 6) is 0. The Morgan fingerprint density at radius 2 is 1.94 bits per heavy atom. The Morgan fingerprint density at radius 3 is 2.67 bits per heavy atom. The maximum Gasteiger partial charge on any atom is 0.285 e. The van der Waals surface area contributed by atoms with E-state index in [1.54, 1.807) is 0 Å². The van der Waals surface area contributed by atoms with Crippen LogP contribution in [0.3, 0.4) is 0 Å². The minimum absolute atomic E-state index is 0. The maximum atomic E-state index is 7.90. The first-order chi connectivity index (χ1) is 8.25. The summed E-state index contributed by atoms with van der Waals surface area (Å²) in [6.45, 7) is 3.07. The molecule has 98 valence electrons. The van der Waals surface area contributed by atoms with Crippen LogP contribution in [-0.4, -0.2) is 23.5 Å². The van der Waals surface area contributed by atoms with Gasteiger partial charge in [0.1, 0.15) is 6.10 Å². The van der Waals surface area contributed by atoms with Crippen LogP contribution in [0.2, 0.25) is 0 Å². The van der Waals surface area contributed by atoms with Crippen molar-refractivity contribution in [1.82, 2.24) is 4.90 Å². The van der Waals surface area contributed by atoms with Crippen LogP contribution >= 0.6 is 12.4 Å². The number of fused-ring (bicyclic) bond motifs is 1. The van der Waals surface area contributed by atoms with Crippen LogP contribution in [0.5, 0.6) is 0 Å². The van der Waals surface area contributed by atoms with Crippen LogP contribution in [-0.2, 0) is 4.74 Å². The van der Waals surface area contributed by atoms with E-state index in [-0.39, 0.29) is 18.5 Å². The molecule has 2 atom stereocenters. The average molecular weight is 267 g/mol. The van der Waals surface area contributed by atoms with Gasteiger partial charge in [0.05, 0.1) is 6.04 Å². The lowest BCUT2D eigenvalue weighted by Gasteiger charge is -2.29. The highest BCUT2D eigenvalue weighted by Gasteiger charge is 2.41. The number of hydrogen-bond donors (Lipinski definition) is 1. The molecule has 0 radical (unpaired) electrons. The summed E-state index contributed by atoms with van der Waals surface area (Å²) in [6.07, 6.45) is 3.63. The Hall–Kier alpha value is -1.22. The van der Waals surface area contributed by atoms with Gasteiger partial charge in [0.25, 0.3) is 6.02 Å². The fourth-order valence-electron chi connectivity index (χ4n) is 2.84. The normalized spacial score (nSPS) is 26.3. The average Bonchev–Trinajstić information content (AvgIpc) is 2.69. The van der Waals surface area contributed by atoms with Crippen LogP contribution < -0.4 is 0 Å². The number of halogens is 1. The fourth-order valence-corrected chi connectivity index (χ4v) is 2.84. The zero-order valence-corrected chi connectivity index (χ0v) is 11.4. The lowest BCUT2D eigenvalue weighted by atomic mass is 9.94. The number of rotatable bonds is 1. The van der Waals surface area contributed by atoms with E-state index in [0.717, 1.165) is 13.0 Å². The van der Waals surface area contributed by atoms with Gasteiger partial charge in [-0.05, 0) is 31.7 Å². The quantitative estimate of drug-likeness (QED) is 0.847. The topological polar surface area (TPSA) is 36.3 Å². The summed E-state index contributed by atoms with van der Waals surface area (Å²) >= 11 is 0. The largest absolute Gasteiger partial charge is 0.455 e. The van der Waals surface area contributed by atoms with Gasteiger partial charge < -0.3 is 9.64 Å². The molecule has 0 bridgehead atoms. The van der Waals surface area contributed by atoms with Gasteiger partial charge in [-0.1, -0.05) is 29.8 Å². The molecule has 3 rings (SSSR count). The van der Waals surface area contributed by atoms with Gasteiger partial charge in [0, 0.05) is 6.54 Å². The molecule has 0 amide bonds. The monoisotopic (exact) mass is 266 g/mol. The van der Waals surface area contributed by atoms with E-state index in [1.165, 1.54) is 24.0 Å². The summed E-state index contributed by atoms with van der Waals surface area (Å²) < 4.78 is 5.74. The van der Waals surface area contributed by atoms with Crippen molar-refractivity contribution in [2.75, 3.05) is 6.54 Å². The number of aryl methyl sites for hydroxylation is 1. The Labute approximate surface area is 114 Å². The first-order valence-corrected chi connectivity index (χ1v) is 6.34. The van der Waals surface area contributed by atoms with Gasteiger partial charge in [-0.25, -0.2) is 0 Å². The van der Waals surface area contributed by atoms with Crippen LogP contribution in [0.25, 0.3) is 0 Å². The molecule has 0 saturated carbocycles. The molecular formula is C14H19ClN2O. The second kappa shape index (κ2) is 5.19. The number of benzene rings is 1. The summed E-state index contributed by atoms with van der Waals surface area (Å²) in [4.78, 5) is 2.12. The molecule has 0 unspecified atom stereocenters. The number of nitrogens with zero attached hydrogens (tertiary/aromatic N) is 1. The Kier molecular flexibility index (Phi) is 3.81. The minimum Gasteiger partial charge on any atom is -0.455 e. The fraction of sp³-hybridized carbons (Fsp3) is 0.500. The predicted octanol–water partition coefficient (Wildman–Crippen LogP) is 3.28. The van der Waals surface area contributed by atoms with Gasteiger partial charge in [0.2, 0.25) is 0 Å². The first kappa shape index (κ1) is 13.2. The second-order valence-electron chi connectivity index (χ2n) is 5.01. The van der Waals surface area contributed by atoms with E-state index in [9.17, 15) is 0 Å². The molecule has 3 nitrogen and oxygen atoms in total. The minimum atomic E-state index is 0. The zero-order chi connectivity index (χ0) is 11.8. The number of nitrogens with one attached hydrogen (secondary N) is 1. The zero-order valence-electron chi connectivity index (χ0n) is 10.6. The van der Waals surface area contributed by atoms with Gasteiger partial charge in [-0.3, -0.25) is 5.41 Å². The molecule has 1 aromatic rings. The van der Waals surface area contributed by atoms with Crippen molar-refractivity contribution in [1.29, 1.82) is 5.41 Å². The molecule has 1 N–H and O–H groups in total. The van der Waals surface area contributed by atoms with Crippen molar-refractivity contribution in [2.24, 2.45) is 0 Å². The van der Waals surface area contributed by atoms with Crippen LogP contribution in [0.15, 0.2) is 24.3 Å². The SMILES string of the molecule is Cc1ccc([C@H]2OC(=N)N3CCCC[C@H]23)cc1.Cl. The summed E-state index contributed by atoms with van der Waals surface area (Å²) in [5.41, 5.74) is 2.47. The first-order valence-electron chi connectivity index (χ1n) is 6.34. The molecule has 0 aliphatic carbocycles. The summed E-state index contributed by atoms with van der Waals surface area (Å²) in [6, 6.07) is 9.23. The molecule has 2 fully saturated rings. The molecular weight excluding hydrogens is 248 g/mol. The highest BCUT2D eigenvalue weighted by molar-refractivity contribution is 5.85. The van der Waals surface area contributed by atoms with E-state index in [4.69, 9.17) is 10.1 Å². The maximum absolute atomic E-state index is 7.90. The third-order valence-electron chi connectivity index (χ3n) is 3.80. The number of ether oxygens (including phenoxy) is 1. The molecule has 4 heteroatoms. The van der Waals surface area contributed by atoms with Crippen molar-refractivity contribution in [2.45, 2.75) is 38.3 Å². The van der Waals surface area contributed by atoms with E-state index in [0.29, 0.717) is 12.1 Å². The van der Waals surface area contributed by atoms with Gasteiger partial charge >= 0.3 is 0 Å². The van der Waals surface area contributed by atoms with Crippen molar-refractivity contribution in [3.8, 4) is 0 Å². The van der Waals surface area contributed by atoms with Crippen LogP contribution in [0, 0.1) is 12.3 Å². The van der Waals surface area contributed by atoms with Crippen molar-refractivity contribution >= 4 is 18.4 Å². The number of amidine groups is 1. The third kappa shape index (κ3) is 2.19. The second-order valence-corrected chi connectivity index (χ2v) is 5.01. The molecule has 18 heavy (non-hydrogen) atoms. The Bertz CT molecular complexity index is 432. The number of hydrogen-bond acceptors (Lipinski definition) is 2. The van der Waals surface area contributed by atoms with Gasteiger partial charge in [0.15, 0.2) is 0 Å². The van der Waals surface area contributed by atoms with E-state index in [2.05, 4.69) is 36.1 Å². The van der Waals surface area contributed by atoms with Crippen molar-refractivity contribution < 1.29 is 4.74 Å². The van der Waals surface area contributed by atoms with Crippen LogP contribution in [0.4, 0.5) is 0 Å². The van der Waals surface area contributed by atoms with E-state index >= 15 is 0 Å². The lowest BCUT2D eigenvalue weighted by Crippen LogP contribution is -2.38. The smallest absolute Gasteiger partial charge is 0.285 e. The highest BCUT2D eigenvalue weighted by atomic mass is 35.5. The molecule has 2 heterocycles. The standard InChI is InChI=1S/C14H18N2O.ClH/c1-10-5-7-11(8-6-10)13-12-4-2-3-9-16(12)14(15)17-13;/h5-8,12-13,15H,2-4,9H2,1H3;1H/t12-,13-;/m1./s1. The van der Waals surface area contributed by atoms with Crippen molar-refractivity contribution in [3.63, 3.8) is 0 Å². The molecule has 2 aliphatic heterocycles. The van der Waals surface area contributed by atoms with Gasteiger partial charge in [-0.2, -0.15) is 0 Å². The van der Waals surface area contributed by atoms with E-state index in [1.807, 2.05) is 0 Å². The van der Waals surface area contributed by atoms with Crippen LogP contribution in [0.1, 0.15) is 36.5 Å². The Morgan fingerprint density at radius 1 is 1.22 bits per heavy atom. The van der Waals surface area contributed by atoms with Gasteiger partial charge in [-0.15, -0.1) is 12.4 Å². The molecule has 0 spiro atoms. The predicted molar refractivity (Wildman–Crippen MR) is 74.3 cm³/mol. The summed E-state index contributed by atoms with van der Waals surface area (Å²) in [7, 11) is 0. The molecule has 2 aliphatic rings. The summed E-state index contributed by atoms with van der Waals surface area (Å²) in [5, 5.41) is 7.90.